The molecule has 2 aliphatic heterocycles. The first-order chi connectivity index (χ1) is 6.36. The van der Waals surface area contributed by atoms with Gasteiger partial charge in [-0.15, -0.1) is 0 Å². The third kappa shape index (κ3) is 0.938. The first-order valence-corrected chi connectivity index (χ1v) is 4.75. The van der Waals surface area contributed by atoms with Crippen LogP contribution in [0.25, 0.3) is 0 Å². The molecule has 77 valence electrons. The number of carboxylic acids is 1. The van der Waals surface area contributed by atoms with Gasteiger partial charge in [-0.2, -0.15) is 0 Å². The van der Waals surface area contributed by atoms with Crippen molar-refractivity contribution in [3.63, 3.8) is 0 Å². The highest BCUT2D eigenvalue weighted by molar-refractivity contribution is 6.01. The average Bonchev–Trinajstić information content (AvgIpc) is 2.34. The smallest absolute Gasteiger partial charge is 0.326 e. The molecule has 1 N–H and O–H groups in total. The summed E-state index contributed by atoms with van der Waals surface area (Å²) in [5.41, 5.74) is -0.316. The molecule has 2 fully saturated rings. The first kappa shape index (κ1) is 9.49. The average molecular weight is 196 g/mol. The minimum atomic E-state index is -0.890. The molecule has 2 heterocycles. The molecule has 14 heavy (non-hydrogen) atoms. The second kappa shape index (κ2) is 2.49. The number of fused-ring (bicyclic) bond motifs is 1. The first-order valence-electron chi connectivity index (χ1n) is 4.75. The maximum Gasteiger partial charge on any atom is 0.326 e. The zero-order chi connectivity index (χ0) is 10.7. The molecular weight excluding hydrogens is 182 g/mol. The van der Waals surface area contributed by atoms with Gasteiger partial charge >= 0.3 is 5.97 Å². The number of β-lactam (4-membered cyclic amide) rings is 1. The fourth-order valence-electron chi connectivity index (χ4n) is 2.62. The van der Waals surface area contributed by atoms with E-state index < -0.39 is 12.0 Å². The SMILES string of the molecule is C[C]1C(=O)N2C1CC(C)(C)C2C(=O)O. The highest BCUT2D eigenvalue weighted by Gasteiger charge is 2.61. The lowest BCUT2D eigenvalue weighted by molar-refractivity contribution is -0.156. The Bertz CT molecular complexity index is 310. The van der Waals surface area contributed by atoms with E-state index in [1.165, 1.54) is 4.90 Å². The predicted octanol–water partition coefficient (Wildman–Crippen LogP) is 0.675. The predicted molar refractivity (Wildman–Crippen MR) is 49.4 cm³/mol. The van der Waals surface area contributed by atoms with Crippen molar-refractivity contribution in [3.05, 3.63) is 5.92 Å². The lowest BCUT2D eigenvalue weighted by Gasteiger charge is -2.42. The molecule has 0 aromatic rings. The van der Waals surface area contributed by atoms with E-state index in [9.17, 15) is 9.59 Å². The van der Waals surface area contributed by atoms with E-state index in [0.717, 1.165) is 12.3 Å². The lowest BCUT2D eigenvalue weighted by Crippen LogP contribution is -2.60. The van der Waals surface area contributed by atoms with Gasteiger partial charge in [0.2, 0.25) is 5.91 Å². The van der Waals surface area contributed by atoms with Crippen molar-refractivity contribution >= 4 is 11.9 Å². The van der Waals surface area contributed by atoms with Crippen LogP contribution in [0.15, 0.2) is 0 Å². The molecular formula is C10H14NO3. The van der Waals surface area contributed by atoms with E-state index in [2.05, 4.69) is 0 Å². The second-order valence-electron chi connectivity index (χ2n) is 4.84. The fraction of sp³-hybridized carbons (Fsp3) is 0.700. The van der Waals surface area contributed by atoms with E-state index in [-0.39, 0.29) is 17.4 Å². The summed E-state index contributed by atoms with van der Waals surface area (Å²) in [6, 6.07) is -0.581. The normalized spacial score (nSPS) is 35.4. The largest absolute Gasteiger partial charge is 0.480 e. The van der Waals surface area contributed by atoms with Crippen molar-refractivity contribution in [3.8, 4) is 0 Å². The van der Waals surface area contributed by atoms with Crippen molar-refractivity contribution in [2.75, 3.05) is 0 Å². The summed E-state index contributed by atoms with van der Waals surface area (Å²) >= 11 is 0. The van der Waals surface area contributed by atoms with Gasteiger partial charge in [0.05, 0.1) is 5.92 Å². The summed E-state index contributed by atoms with van der Waals surface area (Å²) in [7, 11) is 0. The number of hydrogen-bond donors (Lipinski definition) is 1. The molecule has 2 unspecified atom stereocenters. The number of hydrogen-bond acceptors (Lipinski definition) is 2. The van der Waals surface area contributed by atoms with Crippen LogP contribution in [-0.2, 0) is 9.59 Å². The minimum absolute atomic E-state index is 0.0681. The fourth-order valence-corrected chi connectivity index (χ4v) is 2.62. The minimum Gasteiger partial charge on any atom is -0.480 e. The number of carboxylic acid groups (broad SMARTS) is 1. The summed E-state index contributed by atoms with van der Waals surface area (Å²) in [4.78, 5) is 24.0. The molecule has 1 amide bonds. The molecule has 2 rings (SSSR count). The zero-order valence-electron chi connectivity index (χ0n) is 8.57. The van der Waals surface area contributed by atoms with Gasteiger partial charge in [-0.1, -0.05) is 13.8 Å². The summed E-state index contributed by atoms with van der Waals surface area (Å²) < 4.78 is 0. The van der Waals surface area contributed by atoms with Gasteiger partial charge in [-0.3, -0.25) is 4.79 Å². The molecule has 4 heteroatoms. The van der Waals surface area contributed by atoms with Crippen molar-refractivity contribution in [2.24, 2.45) is 5.41 Å². The molecule has 1 radical (unpaired) electrons. The second-order valence-corrected chi connectivity index (χ2v) is 4.84. The molecule has 0 spiro atoms. The van der Waals surface area contributed by atoms with Gasteiger partial charge in [0.25, 0.3) is 0 Å². The molecule has 2 saturated heterocycles. The maximum atomic E-state index is 11.5. The zero-order valence-corrected chi connectivity index (χ0v) is 8.57. The van der Waals surface area contributed by atoms with E-state index in [0.29, 0.717) is 0 Å². The number of nitrogens with zero attached hydrogens (tertiary/aromatic N) is 1. The highest BCUT2D eigenvalue weighted by atomic mass is 16.4. The topological polar surface area (TPSA) is 57.6 Å². The Morgan fingerprint density at radius 3 is 2.64 bits per heavy atom. The monoisotopic (exact) mass is 196 g/mol. The van der Waals surface area contributed by atoms with Crippen LogP contribution in [0, 0.1) is 11.3 Å². The van der Waals surface area contributed by atoms with Crippen LogP contribution in [0.2, 0.25) is 0 Å². The van der Waals surface area contributed by atoms with Crippen molar-refractivity contribution in [1.82, 2.24) is 4.90 Å². The standard InChI is InChI=1S/C10H14NO3/c1-5-6-4-10(2,3)7(9(13)14)11(6)8(5)12/h6-7H,4H2,1-3H3,(H,13,14). The quantitative estimate of drug-likeness (QED) is 0.627. The van der Waals surface area contributed by atoms with Crippen molar-refractivity contribution in [1.29, 1.82) is 0 Å². The van der Waals surface area contributed by atoms with Gasteiger partial charge < -0.3 is 10.0 Å². The van der Waals surface area contributed by atoms with Crippen LogP contribution in [0.3, 0.4) is 0 Å². The Morgan fingerprint density at radius 2 is 2.14 bits per heavy atom. The number of amides is 1. The van der Waals surface area contributed by atoms with Crippen LogP contribution < -0.4 is 0 Å². The van der Waals surface area contributed by atoms with E-state index in [4.69, 9.17) is 5.11 Å². The molecule has 0 saturated carbocycles. The summed E-state index contributed by atoms with van der Waals surface area (Å²) in [5, 5.41) is 9.07. The van der Waals surface area contributed by atoms with Crippen LogP contribution in [0.1, 0.15) is 27.2 Å². The van der Waals surface area contributed by atoms with E-state index in [1.54, 1.807) is 6.92 Å². The molecule has 2 atom stereocenters. The Kier molecular flexibility index (Phi) is 1.69. The third-order valence-corrected chi connectivity index (χ3v) is 3.38. The van der Waals surface area contributed by atoms with Gasteiger partial charge in [0.15, 0.2) is 0 Å². The van der Waals surface area contributed by atoms with Crippen molar-refractivity contribution < 1.29 is 14.7 Å². The lowest BCUT2D eigenvalue weighted by atomic mass is 9.82. The maximum absolute atomic E-state index is 11.5. The summed E-state index contributed by atoms with van der Waals surface area (Å²) in [5.74, 6) is -0.173. The molecule has 0 aliphatic carbocycles. The highest BCUT2D eigenvalue weighted by Crippen LogP contribution is 2.49. The molecule has 0 aromatic carbocycles. The van der Waals surface area contributed by atoms with Crippen LogP contribution in [-0.4, -0.2) is 34.0 Å². The van der Waals surface area contributed by atoms with Gasteiger partial charge in [0.1, 0.15) is 6.04 Å². The number of aliphatic carboxylic acids is 1. The van der Waals surface area contributed by atoms with Crippen molar-refractivity contribution in [2.45, 2.75) is 39.3 Å². The Labute approximate surface area is 82.9 Å². The van der Waals surface area contributed by atoms with E-state index in [1.807, 2.05) is 13.8 Å². The molecule has 2 aliphatic rings. The third-order valence-electron chi connectivity index (χ3n) is 3.38. The van der Waals surface area contributed by atoms with Crippen LogP contribution in [0.5, 0.6) is 0 Å². The molecule has 0 aromatic heterocycles. The Hall–Kier alpha value is -1.06. The van der Waals surface area contributed by atoms with Gasteiger partial charge in [-0.25, -0.2) is 4.79 Å². The van der Waals surface area contributed by atoms with Crippen LogP contribution >= 0.6 is 0 Å². The van der Waals surface area contributed by atoms with Gasteiger partial charge in [-0.05, 0) is 18.8 Å². The Morgan fingerprint density at radius 1 is 1.57 bits per heavy atom. The molecule has 0 bridgehead atoms. The summed E-state index contributed by atoms with van der Waals surface area (Å²) in [6.07, 6.45) is 0.765. The summed E-state index contributed by atoms with van der Waals surface area (Å²) in [6.45, 7) is 5.61. The van der Waals surface area contributed by atoms with Crippen LogP contribution in [0.4, 0.5) is 0 Å². The number of carbonyl (C=O) groups is 2. The number of rotatable bonds is 1. The number of carbonyl (C=O) groups excluding carboxylic acids is 1. The Balaban J connectivity index is 2.32. The molecule has 4 nitrogen and oxygen atoms in total. The van der Waals surface area contributed by atoms with E-state index >= 15 is 0 Å². The van der Waals surface area contributed by atoms with Gasteiger partial charge in [0, 0.05) is 6.04 Å².